The third-order valence-electron chi connectivity index (χ3n) is 2.09. The highest BCUT2D eigenvalue weighted by atomic mass is 35.5. The van der Waals surface area contributed by atoms with Crippen molar-refractivity contribution >= 4 is 33.1 Å². The fourth-order valence-corrected chi connectivity index (χ4v) is 2.90. The van der Waals surface area contributed by atoms with E-state index in [1.165, 1.54) is 12.1 Å². The highest BCUT2D eigenvalue weighted by molar-refractivity contribution is 7.91. The van der Waals surface area contributed by atoms with Gasteiger partial charge in [0.05, 0.1) is 12.4 Å². The van der Waals surface area contributed by atoms with Crippen LogP contribution in [0.4, 0.5) is 5.69 Å². The number of nitrogen functional groups attached to an aromatic ring is 1. The molecule has 0 radical (unpaired) electrons. The van der Waals surface area contributed by atoms with Crippen LogP contribution in [0.2, 0.25) is 5.02 Å². The van der Waals surface area contributed by atoms with Crippen molar-refractivity contribution in [3.05, 3.63) is 28.8 Å². The number of esters is 1. The second-order valence-corrected chi connectivity index (χ2v) is 6.16. The van der Waals surface area contributed by atoms with Crippen molar-refractivity contribution < 1.29 is 17.9 Å². The van der Waals surface area contributed by atoms with E-state index in [2.05, 4.69) is 4.74 Å². The summed E-state index contributed by atoms with van der Waals surface area (Å²) in [5.74, 6) is -1.76. The number of nitrogens with two attached hydrogens (primary N) is 1. The van der Waals surface area contributed by atoms with E-state index in [-0.39, 0.29) is 12.4 Å². The molecule has 1 aromatic carbocycles. The Labute approximate surface area is 111 Å². The molecule has 0 spiro atoms. The van der Waals surface area contributed by atoms with Crippen molar-refractivity contribution in [2.75, 3.05) is 18.1 Å². The number of carbonyl (C=O) groups is 1. The van der Waals surface area contributed by atoms with Crippen LogP contribution in [0, 0.1) is 0 Å². The smallest absolute Gasteiger partial charge is 0.321 e. The summed E-state index contributed by atoms with van der Waals surface area (Å²) in [5, 5.41) is 0.302. The molecular formula is C11H14ClNO4S. The molecule has 0 atom stereocenters. The number of sulfone groups is 1. The Balaban J connectivity index is 2.82. The zero-order valence-corrected chi connectivity index (χ0v) is 11.4. The number of hydrogen-bond donors (Lipinski definition) is 1. The van der Waals surface area contributed by atoms with Crippen molar-refractivity contribution in [1.82, 2.24) is 0 Å². The highest BCUT2D eigenvalue weighted by Crippen LogP contribution is 2.21. The molecule has 0 heterocycles. The fourth-order valence-electron chi connectivity index (χ4n) is 1.38. The Kier molecular flexibility index (Phi) is 4.98. The minimum atomic E-state index is -3.61. The summed E-state index contributed by atoms with van der Waals surface area (Å²) in [4.78, 5) is 11.1. The van der Waals surface area contributed by atoms with E-state index in [1.807, 2.05) is 0 Å². The molecule has 100 valence electrons. The molecule has 0 aliphatic rings. The van der Waals surface area contributed by atoms with Gasteiger partial charge in [-0.25, -0.2) is 8.42 Å². The topological polar surface area (TPSA) is 86.5 Å². The molecule has 0 aliphatic carbocycles. The van der Waals surface area contributed by atoms with Gasteiger partial charge in [0.15, 0.2) is 9.84 Å². The van der Waals surface area contributed by atoms with E-state index in [0.29, 0.717) is 16.3 Å². The number of ether oxygens (including phenoxy) is 1. The molecule has 2 N–H and O–H groups in total. The van der Waals surface area contributed by atoms with Crippen molar-refractivity contribution in [2.24, 2.45) is 0 Å². The molecule has 1 aromatic rings. The SMILES string of the molecule is CCOC(=O)CS(=O)(=O)Cc1cc(N)ccc1Cl. The first-order valence-corrected chi connectivity index (χ1v) is 7.44. The van der Waals surface area contributed by atoms with Gasteiger partial charge in [-0.15, -0.1) is 0 Å². The molecule has 0 aliphatic heterocycles. The average Bonchev–Trinajstić information content (AvgIpc) is 2.22. The lowest BCUT2D eigenvalue weighted by Crippen LogP contribution is -2.20. The van der Waals surface area contributed by atoms with Crippen LogP contribution in [0.5, 0.6) is 0 Å². The normalized spacial score (nSPS) is 11.2. The number of hydrogen-bond acceptors (Lipinski definition) is 5. The van der Waals surface area contributed by atoms with E-state index in [1.54, 1.807) is 13.0 Å². The van der Waals surface area contributed by atoms with E-state index in [4.69, 9.17) is 17.3 Å². The zero-order valence-electron chi connectivity index (χ0n) is 9.85. The van der Waals surface area contributed by atoms with Crippen LogP contribution in [0.3, 0.4) is 0 Å². The molecule has 0 unspecified atom stereocenters. The molecule has 0 saturated heterocycles. The third-order valence-corrected chi connectivity index (χ3v) is 3.88. The van der Waals surface area contributed by atoms with E-state index in [0.717, 1.165) is 0 Å². The molecule has 7 heteroatoms. The summed E-state index contributed by atoms with van der Waals surface area (Å²) < 4.78 is 28.1. The first-order valence-electron chi connectivity index (χ1n) is 5.24. The molecule has 5 nitrogen and oxygen atoms in total. The largest absolute Gasteiger partial charge is 0.465 e. The van der Waals surface area contributed by atoms with Crippen molar-refractivity contribution in [1.29, 1.82) is 0 Å². The number of carbonyl (C=O) groups excluding carboxylic acids is 1. The van der Waals surface area contributed by atoms with Gasteiger partial charge in [0.25, 0.3) is 0 Å². The van der Waals surface area contributed by atoms with Crippen LogP contribution < -0.4 is 5.73 Å². The van der Waals surface area contributed by atoms with Crippen LogP contribution >= 0.6 is 11.6 Å². The lowest BCUT2D eigenvalue weighted by molar-refractivity contribution is -0.139. The van der Waals surface area contributed by atoms with Gasteiger partial charge in [-0.1, -0.05) is 11.6 Å². The van der Waals surface area contributed by atoms with Crippen molar-refractivity contribution in [3.8, 4) is 0 Å². The van der Waals surface area contributed by atoms with Gasteiger partial charge < -0.3 is 10.5 Å². The van der Waals surface area contributed by atoms with Gasteiger partial charge in [0.1, 0.15) is 5.75 Å². The Bertz CT molecular complexity index is 542. The highest BCUT2D eigenvalue weighted by Gasteiger charge is 2.19. The summed E-state index contributed by atoms with van der Waals surface area (Å²) in [6.07, 6.45) is 0. The summed E-state index contributed by atoms with van der Waals surface area (Å²) in [7, 11) is -3.61. The van der Waals surface area contributed by atoms with Crippen LogP contribution in [0.25, 0.3) is 0 Å². The number of benzene rings is 1. The van der Waals surface area contributed by atoms with E-state index < -0.39 is 21.6 Å². The number of rotatable bonds is 5. The standard InChI is InChI=1S/C11H14ClNO4S/c1-2-17-11(14)7-18(15,16)6-8-5-9(13)3-4-10(8)12/h3-5H,2,6-7,13H2,1H3. The van der Waals surface area contributed by atoms with Crippen molar-refractivity contribution in [3.63, 3.8) is 0 Å². The van der Waals surface area contributed by atoms with Crippen LogP contribution in [0.15, 0.2) is 18.2 Å². The minimum absolute atomic E-state index is 0.146. The van der Waals surface area contributed by atoms with Gasteiger partial charge in [-0.3, -0.25) is 4.79 Å². The third kappa shape index (κ3) is 4.54. The Morgan fingerprint density at radius 3 is 2.72 bits per heavy atom. The zero-order chi connectivity index (χ0) is 13.8. The molecule has 0 fully saturated rings. The molecule has 0 aromatic heterocycles. The van der Waals surface area contributed by atoms with Gasteiger partial charge in [0, 0.05) is 10.7 Å². The lowest BCUT2D eigenvalue weighted by Gasteiger charge is -2.07. The summed E-state index contributed by atoms with van der Waals surface area (Å²) >= 11 is 5.86. The molecule has 18 heavy (non-hydrogen) atoms. The predicted molar refractivity (Wildman–Crippen MR) is 70.0 cm³/mol. The van der Waals surface area contributed by atoms with Gasteiger partial charge in [0.2, 0.25) is 0 Å². The van der Waals surface area contributed by atoms with E-state index in [9.17, 15) is 13.2 Å². The summed E-state index contributed by atoms with van der Waals surface area (Å²) in [6, 6.07) is 4.57. The first-order chi connectivity index (χ1) is 8.34. The number of halogens is 1. The Morgan fingerprint density at radius 2 is 2.11 bits per heavy atom. The maximum Gasteiger partial charge on any atom is 0.321 e. The maximum absolute atomic E-state index is 11.7. The maximum atomic E-state index is 11.7. The van der Waals surface area contributed by atoms with Gasteiger partial charge in [-0.2, -0.15) is 0 Å². The van der Waals surface area contributed by atoms with Gasteiger partial charge >= 0.3 is 5.97 Å². The summed E-state index contributed by atoms with van der Waals surface area (Å²) in [5.41, 5.74) is 6.34. The number of anilines is 1. The fraction of sp³-hybridized carbons (Fsp3) is 0.364. The Hall–Kier alpha value is -1.27. The van der Waals surface area contributed by atoms with Gasteiger partial charge in [-0.05, 0) is 30.7 Å². The molecule has 0 amide bonds. The quantitative estimate of drug-likeness (QED) is 0.654. The lowest BCUT2D eigenvalue weighted by atomic mass is 10.2. The molecule has 1 rings (SSSR count). The van der Waals surface area contributed by atoms with Crippen molar-refractivity contribution in [2.45, 2.75) is 12.7 Å². The second-order valence-electron chi connectivity index (χ2n) is 3.69. The predicted octanol–water partition coefficient (Wildman–Crippen LogP) is 1.40. The monoisotopic (exact) mass is 291 g/mol. The van der Waals surface area contributed by atoms with E-state index >= 15 is 0 Å². The average molecular weight is 292 g/mol. The van der Waals surface area contributed by atoms with Crippen LogP contribution in [-0.4, -0.2) is 26.7 Å². The second kappa shape index (κ2) is 6.06. The Morgan fingerprint density at radius 1 is 1.44 bits per heavy atom. The van der Waals surface area contributed by atoms with Crippen LogP contribution in [0.1, 0.15) is 12.5 Å². The van der Waals surface area contributed by atoms with Crippen LogP contribution in [-0.2, 0) is 25.1 Å². The molecule has 0 saturated carbocycles. The first kappa shape index (κ1) is 14.8. The molecule has 0 bridgehead atoms. The minimum Gasteiger partial charge on any atom is -0.465 e. The summed E-state index contributed by atoms with van der Waals surface area (Å²) in [6.45, 7) is 1.76. The molecular weight excluding hydrogens is 278 g/mol.